The summed E-state index contributed by atoms with van der Waals surface area (Å²) in [6.45, 7) is 5.37. The zero-order valence-corrected chi connectivity index (χ0v) is 9.08. The van der Waals surface area contributed by atoms with Crippen LogP contribution in [0.5, 0.6) is 0 Å². The lowest BCUT2D eigenvalue weighted by molar-refractivity contribution is 0.0734. The number of nitrogens with zero attached hydrogens (tertiary/aromatic N) is 1. The van der Waals surface area contributed by atoms with Gasteiger partial charge >= 0.3 is 0 Å². The van der Waals surface area contributed by atoms with Crippen LogP contribution in [-0.4, -0.2) is 46.0 Å². The van der Waals surface area contributed by atoms with Crippen LogP contribution >= 0.6 is 0 Å². The van der Waals surface area contributed by atoms with E-state index in [1.165, 1.54) is 0 Å². The van der Waals surface area contributed by atoms with Crippen molar-refractivity contribution in [2.75, 3.05) is 40.0 Å². The van der Waals surface area contributed by atoms with Crippen molar-refractivity contribution >= 4 is 5.96 Å². The highest BCUT2D eigenvalue weighted by Gasteiger charge is 1.90. The molecule has 0 amide bonds. The van der Waals surface area contributed by atoms with Gasteiger partial charge in [-0.3, -0.25) is 4.99 Å². The number of methoxy groups -OCH3 is 1. The van der Waals surface area contributed by atoms with Crippen LogP contribution in [0.25, 0.3) is 0 Å². The Hall–Kier alpha value is -0.810. The van der Waals surface area contributed by atoms with Gasteiger partial charge in [0.25, 0.3) is 0 Å². The van der Waals surface area contributed by atoms with Gasteiger partial charge in [-0.05, 0) is 6.42 Å². The molecule has 5 heteroatoms. The summed E-state index contributed by atoms with van der Waals surface area (Å²) in [5.74, 6) is 0.488. The van der Waals surface area contributed by atoms with E-state index < -0.39 is 0 Å². The lowest BCUT2D eigenvalue weighted by Crippen LogP contribution is -2.34. The Bertz CT molecular complexity index is 151. The molecule has 0 unspecified atom stereocenters. The predicted molar refractivity (Wildman–Crippen MR) is 57.5 cm³/mol. The van der Waals surface area contributed by atoms with Gasteiger partial charge in [-0.2, -0.15) is 0 Å². The average Bonchev–Trinajstić information content (AvgIpc) is 2.20. The third-order valence-electron chi connectivity index (χ3n) is 1.49. The van der Waals surface area contributed by atoms with Crippen molar-refractivity contribution < 1.29 is 9.47 Å². The van der Waals surface area contributed by atoms with Crippen LogP contribution in [0.1, 0.15) is 13.3 Å². The second-order valence-electron chi connectivity index (χ2n) is 2.80. The Kier molecular flexibility index (Phi) is 9.68. The molecule has 0 rings (SSSR count). The Labute approximate surface area is 85.7 Å². The summed E-state index contributed by atoms with van der Waals surface area (Å²) >= 11 is 0. The van der Waals surface area contributed by atoms with Gasteiger partial charge in [0.15, 0.2) is 5.96 Å². The molecular weight excluding hydrogens is 182 g/mol. The van der Waals surface area contributed by atoms with Crippen LogP contribution in [0.4, 0.5) is 0 Å². The summed E-state index contributed by atoms with van der Waals surface area (Å²) in [6.07, 6.45) is 1.01. The number of hydrogen-bond donors (Lipinski definition) is 2. The summed E-state index contributed by atoms with van der Waals surface area (Å²) in [5, 5.41) is 2.96. The molecule has 0 saturated heterocycles. The minimum absolute atomic E-state index is 0.488. The highest BCUT2D eigenvalue weighted by Crippen LogP contribution is 1.77. The van der Waals surface area contributed by atoms with Crippen LogP contribution in [0.15, 0.2) is 4.99 Å². The van der Waals surface area contributed by atoms with E-state index in [2.05, 4.69) is 17.2 Å². The Morgan fingerprint density at radius 1 is 1.36 bits per heavy atom. The van der Waals surface area contributed by atoms with Crippen molar-refractivity contribution in [2.24, 2.45) is 10.7 Å². The smallest absolute Gasteiger partial charge is 0.188 e. The normalized spacial score (nSPS) is 11.7. The van der Waals surface area contributed by atoms with Crippen molar-refractivity contribution in [2.45, 2.75) is 13.3 Å². The van der Waals surface area contributed by atoms with Crippen molar-refractivity contribution in [1.82, 2.24) is 5.32 Å². The average molecular weight is 203 g/mol. The summed E-state index contributed by atoms with van der Waals surface area (Å²) in [6, 6.07) is 0. The standard InChI is InChI=1S/C9H21N3O2/c1-3-4-11-9(10)12-5-6-14-8-7-13-2/h3-8H2,1-2H3,(H3,10,11,12). The maximum atomic E-state index is 5.56. The van der Waals surface area contributed by atoms with E-state index >= 15 is 0 Å². The molecule has 0 spiro atoms. The van der Waals surface area contributed by atoms with Gasteiger partial charge in [0.05, 0.1) is 19.8 Å². The zero-order chi connectivity index (χ0) is 10.6. The fourth-order valence-electron chi connectivity index (χ4n) is 0.784. The van der Waals surface area contributed by atoms with E-state index in [0.29, 0.717) is 32.3 Å². The van der Waals surface area contributed by atoms with Gasteiger partial charge in [0.1, 0.15) is 0 Å². The number of nitrogens with two attached hydrogens (primary N) is 1. The molecule has 3 N–H and O–H groups in total. The van der Waals surface area contributed by atoms with E-state index in [1.54, 1.807) is 7.11 Å². The second-order valence-corrected chi connectivity index (χ2v) is 2.80. The van der Waals surface area contributed by atoms with E-state index in [9.17, 15) is 0 Å². The molecule has 0 aliphatic rings. The lowest BCUT2D eigenvalue weighted by atomic mass is 10.5. The summed E-state index contributed by atoms with van der Waals surface area (Å²) in [5.41, 5.74) is 5.56. The lowest BCUT2D eigenvalue weighted by Gasteiger charge is -2.06. The molecular formula is C9H21N3O2. The quantitative estimate of drug-likeness (QED) is 0.330. The first-order valence-electron chi connectivity index (χ1n) is 4.91. The molecule has 0 saturated carbocycles. The number of guanidine groups is 1. The predicted octanol–water partition coefficient (Wildman–Crippen LogP) is -0.0363. The Morgan fingerprint density at radius 2 is 2.14 bits per heavy atom. The van der Waals surface area contributed by atoms with E-state index in [4.69, 9.17) is 15.2 Å². The molecule has 14 heavy (non-hydrogen) atoms. The monoisotopic (exact) mass is 203 g/mol. The molecule has 0 aliphatic carbocycles. The number of aliphatic imine (C=N–C) groups is 1. The highest BCUT2D eigenvalue weighted by molar-refractivity contribution is 5.77. The fourth-order valence-corrected chi connectivity index (χ4v) is 0.784. The number of ether oxygens (including phenoxy) is 2. The molecule has 84 valence electrons. The van der Waals surface area contributed by atoms with Gasteiger partial charge in [-0.25, -0.2) is 0 Å². The SMILES string of the molecule is CCCN=C(N)NCCOCCOC. The first kappa shape index (κ1) is 13.2. The van der Waals surface area contributed by atoms with E-state index in [-0.39, 0.29) is 0 Å². The summed E-state index contributed by atoms with van der Waals surface area (Å²) in [4.78, 5) is 4.08. The largest absolute Gasteiger partial charge is 0.382 e. The first-order valence-corrected chi connectivity index (χ1v) is 4.91. The van der Waals surface area contributed by atoms with Crippen LogP contribution in [-0.2, 0) is 9.47 Å². The van der Waals surface area contributed by atoms with E-state index in [0.717, 1.165) is 13.0 Å². The van der Waals surface area contributed by atoms with Crippen molar-refractivity contribution in [3.63, 3.8) is 0 Å². The van der Waals surface area contributed by atoms with Crippen molar-refractivity contribution in [3.05, 3.63) is 0 Å². The second kappa shape index (κ2) is 10.3. The molecule has 0 aromatic rings. The van der Waals surface area contributed by atoms with Crippen LogP contribution < -0.4 is 11.1 Å². The van der Waals surface area contributed by atoms with Gasteiger partial charge in [-0.15, -0.1) is 0 Å². The van der Waals surface area contributed by atoms with Crippen LogP contribution in [0, 0.1) is 0 Å². The molecule has 0 heterocycles. The zero-order valence-electron chi connectivity index (χ0n) is 9.08. The molecule has 0 bridgehead atoms. The van der Waals surface area contributed by atoms with Gasteiger partial charge in [-0.1, -0.05) is 6.92 Å². The fraction of sp³-hybridized carbons (Fsp3) is 0.889. The third-order valence-corrected chi connectivity index (χ3v) is 1.49. The molecule has 0 radical (unpaired) electrons. The summed E-state index contributed by atoms with van der Waals surface area (Å²) in [7, 11) is 1.65. The minimum atomic E-state index is 0.488. The molecule has 0 fully saturated rings. The topological polar surface area (TPSA) is 68.9 Å². The number of nitrogens with one attached hydrogen (secondary N) is 1. The molecule has 0 aromatic carbocycles. The van der Waals surface area contributed by atoms with Crippen molar-refractivity contribution in [3.8, 4) is 0 Å². The van der Waals surface area contributed by atoms with Gasteiger partial charge in [0, 0.05) is 20.2 Å². The minimum Gasteiger partial charge on any atom is -0.382 e. The highest BCUT2D eigenvalue weighted by atomic mass is 16.5. The molecule has 0 atom stereocenters. The number of hydrogen-bond acceptors (Lipinski definition) is 3. The molecule has 0 aliphatic heterocycles. The molecule has 5 nitrogen and oxygen atoms in total. The molecule has 0 aromatic heterocycles. The van der Waals surface area contributed by atoms with Crippen LogP contribution in [0.2, 0.25) is 0 Å². The maximum Gasteiger partial charge on any atom is 0.188 e. The maximum absolute atomic E-state index is 5.56. The van der Waals surface area contributed by atoms with Gasteiger partial charge < -0.3 is 20.5 Å². The Balaban J connectivity index is 3.18. The van der Waals surface area contributed by atoms with E-state index in [1.807, 2.05) is 0 Å². The van der Waals surface area contributed by atoms with Gasteiger partial charge in [0.2, 0.25) is 0 Å². The number of rotatable bonds is 8. The van der Waals surface area contributed by atoms with Crippen LogP contribution in [0.3, 0.4) is 0 Å². The Morgan fingerprint density at radius 3 is 2.79 bits per heavy atom. The first-order chi connectivity index (χ1) is 6.81. The summed E-state index contributed by atoms with van der Waals surface area (Å²) < 4.78 is 10.1. The van der Waals surface area contributed by atoms with Crippen molar-refractivity contribution in [1.29, 1.82) is 0 Å². The third kappa shape index (κ3) is 9.28.